The topological polar surface area (TPSA) is 93.9 Å². The Morgan fingerprint density at radius 1 is 1.29 bits per heavy atom. The van der Waals surface area contributed by atoms with E-state index in [-0.39, 0.29) is 18.2 Å². The minimum Gasteiger partial charge on any atom is -0.391 e. The van der Waals surface area contributed by atoms with Crippen LogP contribution in [0.25, 0.3) is 10.8 Å². The SMILES string of the molecule is CC(C)Nc1nc(C#N)cc2cnc(N[C@H]3CCCC[C@@H]3O)cc12. The number of nitriles is 1. The number of rotatable bonds is 4. The summed E-state index contributed by atoms with van der Waals surface area (Å²) in [5, 5.41) is 27.7. The highest BCUT2D eigenvalue weighted by Crippen LogP contribution is 2.27. The van der Waals surface area contributed by atoms with Gasteiger partial charge in [-0.1, -0.05) is 12.8 Å². The van der Waals surface area contributed by atoms with E-state index in [1.807, 2.05) is 19.9 Å². The van der Waals surface area contributed by atoms with E-state index in [4.69, 9.17) is 5.26 Å². The minimum absolute atomic E-state index is 0.0385. The fraction of sp³-hybridized carbons (Fsp3) is 0.500. The third-order valence-corrected chi connectivity index (χ3v) is 4.32. The number of nitrogens with zero attached hydrogens (tertiary/aromatic N) is 3. The Morgan fingerprint density at radius 3 is 2.79 bits per heavy atom. The number of nitrogens with one attached hydrogen (secondary N) is 2. The van der Waals surface area contributed by atoms with Gasteiger partial charge < -0.3 is 15.7 Å². The molecule has 1 aliphatic carbocycles. The van der Waals surface area contributed by atoms with Crippen LogP contribution in [0.15, 0.2) is 18.3 Å². The summed E-state index contributed by atoms with van der Waals surface area (Å²) in [6.45, 7) is 4.07. The van der Waals surface area contributed by atoms with Crippen LogP contribution >= 0.6 is 0 Å². The molecule has 0 spiro atoms. The molecule has 0 amide bonds. The highest BCUT2D eigenvalue weighted by atomic mass is 16.3. The molecule has 2 atom stereocenters. The number of hydrogen-bond acceptors (Lipinski definition) is 6. The standard InChI is InChI=1S/C18H23N5O/c1-11(2)21-18-14-8-17(23-15-5-3-4-6-16(15)24)20-10-12(14)7-13(9-19)22-18/h7-8,10-11,15-16,24H,3-6H2,1-2H3,(H,20,23)(H,21,22)/t15-,16-/m0/s1. The number of hydrogen-bond donors (Lipinski definition) is 3. The van der Waals surface area contributed by atoms with Crippen molar-refractivity contribution in [2.45, 2.75) is 57.7 Å². The lowest BCUT2D eigenvalue weighted by atomic mass is 9.92. The van der Waals surface area contributed by atoms with Crippen LogP contribution in [-0.4, -0.2) is 33.3 Å². The van der Waals surface area contributed by atoms with Gasteiger partial charge in [-0.2, -0.15) is 5.26 Å². The van der Waals surface area contributed by atoms with Gasteiger partial charge in [0.05, 0.1) is 12.1 Å². The van der Waals surface area contributed by atoms with Crippen LogP contribution in [0.1, 0.15) is 45.2 Å². The molecule has 3 N–H and O–H groups in total. The number of aliphatic hydroxyl groups is 1. The van der Waals surface area contributed by atoms with Gasteiger partial charge >= 0.3 is 0 Å². The maximum absolute atomic E-state index is 10.1. The van der Waals surface area contributed by atoms with Gasteiger partial charge in [-0.15, -0.1) is 0 Å². The Balaban J connectivity index is 1.95. The lowest BCUT2D eigenvalue weighted by Gasteiger charge is -2.28. The first kappa shape index (κ1) is 16.5. The van der Waals surface area contributed by atoms with Gasteiger partial charge in [0.25, 0.3) is 0 Å². The molecule has 0 unspecified atom stereocenters. The highest BCUT2D eigenvalue weighted by molar-refractivity contribution is 5.93. The molecular formula is C18H23N5O. The summed E-state index contributed by atoms with van der Waals surface area (Å²) in [6, 6.07) is 6.02. The first-order valence-corrected chi connectivity index (χ1v) is 8.49. The molecule has 6 heteroatoms. The first-order chi connectivity index (χ1) is 11.6. The Hall–Kier alpha value is -2.39. The van der Waals surface area contributed by atoms with Crippen LogP contribution in [0.2, 0.25) is 0 Å². The van der Waals surface area contributed by atoms with Crippen molar-refractivity contribution in [3.05, 3.63) is 24.0 Å². The summed E-state index contributed by atoms with van der Waals surface area (Å²) in [5.74, 6) is 1.42. The van der Waals surface area contributed by atoms with Gasteiger partial charge in [-0.05, 0) is 38.8 Å². The van der Waals surface area contributed by atoms with Gasteiger partial charge in [-0.3, -0.25) is 0 Å². The maximum Gasteiger partial charge on any atom is 0.143 e. The zero-order valence-electron chi connectivity index (χ0n) is 14.1. The largest absolute Gasteiger partial charge is 0.391 e. The summed E-state index contributed by atoms with van der Waals surface area (Å²) in [6.07, 6.45) is 5.40. The fourth-order valence-electron chi connectivity index (χ4n) is 3.14. The van der Waals surface area contributed by atoms with Crippen molar-refractivity contribution in [3.63, 3.8) is 0 Å². The van der Waals surface area contributed by atoms with Crippen molar-refractivity contribution in [2.24, 2.45) is 0 Å². The van der Waals surface area contributed by atoms with E-state index in [0.29, 0.717) is 11.5 Å². The second-order valence-corrected chi connectivity index (χ2v) is 6.66. The second kappa shape index (κ2) is 7.02. The van der Waals surface area contributed by atoms with Gasteiger partial charge in [0.2, 0.25) is 0 Å². The van der Waals surface area contributed by atoms with E-state index in [9.17, 15) is 5.11 Å². The van der Waals surface area contributed by atoms with Crippen molar-refractivity contribution in [1.82, 2.24) is 9.97 Å². The van der Waals surface area contributed by atoms with Crippen molar-refractivity contribution in [3.8, 4) is 6.07 Å². The smallest absolute Gasteiger partial charge is 0.143 e. The molecule has 0 bridgehead atoms. The second-order valence-electron chi connectivity index (χ2n) is 6.66. The van der Waals surface area contributed by atoms with Crippen LogP contribution < -0.4 is 10.6 Å². The molecule has 0 aromatic carbocycles. The first-order valence-electron chi connectivity index (χ1n) is 8.49. The van der Waals surface area contributed by atoms with Gasteiger partial charge in [0, 0.05) is 23.0 Å². The molecule has 1 fully saturated rings. The quantitative estimate of drug-likeness (QED) is 0.800. The number of fused-ring (bicyclic) bond motifs is 1. The van der Waals surface area contributed by atoms with E-state index in [2.05, 4.69) is 26.7 Å². The summed E-state index contributed by atoms with van der Waals surface area (Å²) in [5.41, 5.74) is 0.371. The Kier molecular flexibility index (Phi) is 4.81. The van der Waals surface area contributed by atoms with Crippen molar-refractivity contribution >= 4 is 22.4 Å². The lowest BCUT2D eigenvalue weighted by Crippen LogP contribution is -2.36. The van der Waals surface area contributed by atoms with Crippen molar-refractivity contribution in [1.29, 1.82) is 5.26 Å². The predicted octanol–water partition coefficient (Wildman–Crippen LogP) is 3.04. The molecule has 6 nitrogen and oxygen atoms in total. The molecule has 0 radical (unpaired) electrons. The van der Waals surface area contributed by atoms with E-state index < -0.39 is 0 Å². The number of pyridine rings is 2. The number of aromatic nitrogens is 2. The van der Waals surface area contributed by atoms with E-state index in [0.717, 1.165) is 42.3 Å². The maximum atomic E-state index is 10.1. The molecule has 0 saturated heterocycles. The van der Waals surface area contributed by atoms with Crippen molar-refractivity contribution in [2.75, 3.05) is 10.6 Å². The summed E-state index contributed by atoms with van der Waals surface area (Å²) in [4.78, 5) is 8.83. The van der Waals surface area contributed by atoms with Crippen LogP contribution in [0.5, 0.6) is 0 Å². The monoisotopic (exact) mass is 325 g/mol. The molecular weight excluding hydrogens is 302 g/mol. The molecule has 24 heavy (non-hydrogen) atoms. The van der Waals surface area contributed by atoms with E-state index >= 15 is 0 Å². The van der Waals surface area contributed by atoms with Crippen molar-refractivity contribution < 1.29 is 5.11 Å². The van der Waals surface area contributed by atoms with Gasteiger partial charge in [-0.25, -0.2) is 9.97 Å². The summed E-state index contributed by atoms with van der Waals surface area (Å²) >= 11 is 0. The predicted molar refractivity (Wildman–Crippen MR) is 94.9 cm³/mol. The normalized spacial score (nSPS) is 20.8. The van der Waals surface area contributed by atoms with Crippen LogP contribution in [0, 0.1) is 11.3 Å². The molecule has 0 aliphatic heterocycles. The summed E-state index contributed by atoms with van der Waals surface area (Å²) < 4.78 is 0. The molecule has 2 aromatic rings. The van der Waals surface area contributed by atoms with E-state index in [1.165, 1.54) is 0 Å². The fourth-order valence-corrected chi connectivity index (χ4v) is 3.14. The summed E-state index contributed by atoms with van der Waals surface area (Å²) in [7, 11) is 0. The Morgan fingerprint density at radius 2 is 2.08 bits per heavy atom. The average molecular weight is 325 g/mol. The molecule has 1 saturated carbocycles. The molecule has 2 heterocycles. The average Bonchev–Trinajstić information content (AvgIpc) is 2.56. The van der Waals surface area contributed by atoms with Crippen LogP contribution in [0.4, 0.5) is 11.6 Å². The molecule has 126 valence electrons. The van der Waals surface area contributed by atoms with Crippen LogP contribution in [-0.2, 0) is 0 Å². The van der Waals surface area contributed by atoms with Gasteiger partial charge in [0.15, 0.2) is 0 Å². The third kappa shape index (κ3) is 3.57. The van der Waals surface area contributed by atoms with Gasteiger partial charge in [0.1, 0.15) is 23.4 Å². The van der Waals surface area contributed by atoms with Crippen LogP contribution in [0.3, 0.4) is 0 Å². The third-order valence-electron chi connectivity index (χ3n) is 4.32. The zero-order chi connectivity index (χ0) is 17.1. The zero-order valence-corrected chi connectivity index (χ0v) is 14.1. The minimum atomic E-state index is -0.330. The molecule has 2 aromatic heterocycles. The lowest BCUT2D eigenvalue weighted by molar-refractivity contribution is 0.116. The molecule has 3 rings (SSSR count). The number of aliphatic hydroxyl groups excluding tert-OH is 1. The highest BCUT2D eigenvalue weighted by Gasteiger charge is 2.23. The molecule has 1 aliphatic rings. The Bertz CT molecular complexity index is 768. The van der Waals surface area contributed by atoms with E-state index in [1.54, 1.807) is 12.3 Å². The number of anilines is 2. The Labute approximate surface area is 141 Å².